The summed E-state index contributed by atoms with van der Waals surface area (Å²) < 4.78 is 0. The molecule has 20 heavy (non-hydrogen) atoms. The molecule has 0 aromatic heterocycles. The van der Waals surface area contributed by atoms with Crippen molar-refractivity contribution in [2.45, 2.75) is 6.42 Å². The summed E-state index contributed by atoms with van der Waals surface area (Å²) in [7, 11) is 0. The minimum atomic E-state index is 0. The van der Waals surface area contributed by atoms with Gasteiger partial charge < -0.3 is 5.11 Å². The molecule has 2 aliphatic carbocycles. The van der Waals surface area contributed by atoms with E-state index < -0.39 is 0 Å². The van der Waals surface area contributed by atoms with Crippen LogP contribution >= 0.6 is 0 Å². The molecule has 0 bridgehead atoms. The Hall–Kier alpha value is -0.301. The van der Waals surface area contributed by atoms with Crippen molar-refractivity contribution in [3.05, 3.63) is 99.1 Å². The van der Waals surface area contributed by atoms with Crippen molar-refractivity contribution in [3.8, 4) is 0 Å². The number of benzene rings is 1. The smallest absolute Gasteiger partial charge is 0.396 e. The van der Waals surface area contributed by atoms with Crippen LogP contribution in [-0.2, 0) is 23.5 Å². The standard InChI is InChI=1S/C13H13O.C5H5.Fe/c14-10-9-11-5-7-13(8-6-11)12-3-1-2-4-12;1-2-4-5-3-1;/h1-8,14H,9-10H2;1-5H;/q;;+2. The van der Waals surface area contributed by atoms with Crippen LogP contribution in [0.4, 0.5) is 0 Å². The van der Waals surface area contributed by atoms with E-state index in [1.165, 1.54) is 17.0 Å². The molecule has 0 amide bonds. The predicted molar refractivity (Wildman–Crippen MR) is 78.3 cm³/mol. The molecule has 2 heteroatoms. The van der Waals surface area contributed by atoms with Crippen LogP contribution < -0.4 is 0 Å². The first-order chi connectivity index (χ1) is 9.40. The topological polar surface area (TPSA) is 20.2 Å². The van der Waals surface area contributed by atoms with Crippen LogP contribution in [-0.4, -0.2) is 11.7 Å². The molecule has 0 saturated heterocycles. The first-order valence-electron chi connectivity index (χ1n) is 6.49. The van der Waals surface area contributed by atoms with E-state index in [1.54, 1.807) is 0 Å². The Labute approximate surface area is 134 Å². The number of rotatable bonds is 3. The van der Waals surface area contributed by atoms with E-state index in [9.17, 15) is 0 Å². The molecule has 0 aliphatic heterocycles. The third-order valence-corrected chi connectivity index (χ3v) is 2.91. The summed E-state index contributed by atoms with van der Waals surface area (Å²) in [6.07, 6.45) is 19.0. The SMILES string of the molecule is OCCc1ccc([C]2[CH][CH][CH][CH]2)cc1.[CH]1[CH][CH][CH][CH]1.[Fe+2]. The van der Waals surface area contributed by atoms with Crippen LogP contribution in [0, 0.1) is 63.7 Å². The van der Waals surface area contributed by atoms with Crippen molar-refractivity contribution >= 4 is 0 Å². The molecule has 10 radical (unpaired) electrons. The van der Waals surface area contributed by atoms with Gasteiger partial charge in [-0.05, 0) is 75.3 Å². The monoisotopic (exact) mass is 306 g/mol. The van der Waals surface area contributed by atoms with Gasteiger partial charge in [-0.3, -0.25) is 0 Å². The first-order valence-corrected chi connectivity index (χ1v) is 6.49. The number of hydrogen-bond donors (Lipinski definition) is 1. The van der Waals surface area contributed by atoms with Gasteiger partial charge in [0.1, 0.15) is 0 Å². The molecule has 3 rings (SSSR count). The molecule has 2 saturated carbocycles. The maximum Gasteiger partial charge on any atom is 2.00 e. The van der Waals surface area contributed by atoms with E-state index in [0.29, 0.717) is 0 Å². The Kier molecular flexibility index (Phi) is 9.26. The zero-order valence-corrected chi connectivity index (χ0v) is 12.3. The van der Waals surface area contributed by atoms with Gasteiger partial charge in [-0.15, -0.1) is 0 Å². The summed E-state index contributed by atoms with van der Waals surface area (Å²) in [4.78, 5) is 0. The normalized spacial score (nSPS) is 18.2. The molecule has 2 fully saturated rings. The molecule has 0 heterocycles. The van der Waals surface area contributed by atoms with Gasteiger partial charge in [0.25, 0.3) is 0 Å². The summed E-state index contributed by atoms with van der Waals surface area (Å²) >= 11 is 0. The molecule has 2 aliphatic rings. The fourth-order valence-corrected chi connectivity index (χ4v) is 1.88. The summed E-state index contributed by atoms with van der Waals surface area (Å²) in [5, 5.41) is 8.77. The average molecular weight is 306 g/mol. The molecule has 0 spiro atoms. The summed E-state index contributed by atoms with van der Waals surface area (Å²) in [5.41, 5.74) is 2.42. The second kappa shape index (κ2) is 10.4. The summed E-state index contributed by atoms with van der Waals surface area (Å²) in [6, 6.07) is 8.33. The van der Waals surface area contributed by atoms with Crippen LogP contribution in [0.1, 0.15) is 11.1 Å². The van der Waals surface area contributed by atoms with Gasteiger partial charge in [-0.25, -0.2) is 0 Å². The number of aliphatic hydroxyl groups excluding tert-OH is 1. The molecule has 1 aromatic carbocycles. The van der Waals surface area contributed by atoms with Crippen LogP contribution in [0.5, 0.6) is 0 Å². The van der Waals surface area contributed by atoms with Gasteiger partial charge in [0.15, 0.2) is 0 Å². The third-order valence-electron chi connectivity index (χ3n) is 2.91. The largest absolute Gasteiger partial charge is 2.00 e. The van der Waals surface area contributed by atoms with Crippen LogP contribution in [0.15, 0.2) is 24.3 Å². The number of hydrogen-bond acceptors (Lipinski definition) is 1. The van der Waals surface area contributed by atoms with E-state index in [-0.39, 0.29) is 23.7 Å². The van der Waals surface area contributed by atoms with Crippen molar-refractivity contribution in [2.24, 2.45) is 0 Å². The fraction of sp³-hybridized carbons (Fsp3) is 0.111. The van der Waals surface area contributed by atoms with Gasteiger partial charge >= 0.3 is 17.1 Å². The molecule has 1 N–H and O–H groups in total. The van der Waals surface area contributed by atoms with Crippen LogP contribution in [0.3, 0.4) is 0 Å². The molecule has 0 atom stereocenters. The fourth-order valence-electron chi connectivity index (χ4n) is 1.88. The Morgan fingerprint density at radius 2 is 1.20 bits per heavy atom. The molecular weight excluding hydrogens is 288 g/mol. The molecule has 0 unspecified atom stereocenters. The maximum atomic E-state index is 8.77. The van der Waals surface area contributed by atoms with E-state index in [2.05, 4.69) is 37.1 Å². The zero-order valence-electron chi connectivity index (χ0n) is 11.2. The van der Waals surface area contributed by atoms with Crippen LogP contribution in [0.25, 0.3) is 0 Å². The van der Waals surface area contributed by atoms with Gasteiger partial charge in [0.05, 0.1) is 0 Å². The molecule has 1 nitrogen and oxygen atoms in total. The summed E-state index contributed by atoms with van der Waals surface area (Å²) in [6.45, 7) is 0.218. The van der Waals surface area contributed by atoms with Crippen molar-refractivity contribution < 1.29 is 22.2 Å². The third kappa shape index (κ3) is 5.99. The van der Waals surface area contributed by atoms with E-state index in [4.69, 9.17) is 5.11 Å². The van der Waals surface area contributed by atoms with Crippen LogP contribution in [0.2, 0.25) is 0 Å². The molecular formula is C18H18FeO+2. The van der Waals surface area contributed by atoms with Gasteiger partial charge in [0.2, 0.25) is 0 Å². The van der Waals surface area contributed by atoms with E-state index in [0.717, 1.165) is 6.42 Å². The quantitative estimate of drug-likeness (QED) is 0.851. The van der Waals surface area contributed by atoms with Gasteiger partial charge in [-0.1, -0.05) is 24.3 Å². The maximum absolute atomic E-state index is 8.77. The Morgan fingerprint density at radius 3 is 1.65 bits per heavy atom. The Bertz CT molecular complexity index is 329. The summed E-state index contributed by atoms with van der Waals surface area (Å²) in [5.74, 6) is 1.25. The predicted octanol–water partition coefficient (Wildman–Crippen LogP) is 2.99. The minimum absolute atomic E-state index is 0. The second-order valence-electron chi connectivity index (χ2n) is 4.31. The van der Waals surface area contributed by atoms with Gasteiger partial charge in [0, 0.05) is 12.5 Å². The van der Waals surface area contributed by atoms with Crippen molar-refractivity contribution in [3.63, 3.8) is 0 Å². The molecule has 102 valence electrons. The minimum Gasteiger partial charge on any atom is -0.396 e. The zero-order chi connectivity index (χ0) is 13.3. The number of aliphatic hydroxyl groups is 1. The van der Waals surface area contributed by atoms with E-state index in [1.807, 2.05) is 44.9 Å². The van der Waals surface area contributed by atoms with Crippen molar-refractivity contribution in [1.29, 1.82) is 0 Å². The van der Waals surface area contributed by atoms with E-state index >= 15 is 0 Å². The Morgan fingerprint density at radius 1 is 0.700 bits per heavy atom. The first kappa shape index (κ1) is 17.8. The van der Waals surface area contributed by atoms with Gasteiger partial charge in [-0.2, -0.15) is 0 Å². The Balaban J connectivity index is 0.000000283. The van der Waals surface area contributed by atoms with Crippen molar-refractivity contribution in [2.75, 3.05) is 6.61 Å². The average Bonchev–Trinajstić information content (AvgIpc) is 3.16. The second-order valence-corrected chi connectivity index (χ2v) is 4.31. The van der Waals surface area contributed by atoms with Crippen molar-refractivity contribution in [1.82, 2.24) is 0 Å². The molecule has 1 aromatic rings.